The van der Waals surface area contributed by atoms with Crippen LogP contribution in [0.1, 0.15) is 50.5 Å². The SMILES string of the molecule is O=C(C1CCC1)N1CCCC(N2C(=O)NC3(CCN(CCc4ccccc4)CC3)C2=O)C1. The summed E-state index contributed by atoms with van der Waals surface area (Å²) >= 11 is 0. The Hall–Kier alpha value is -2.41. The molecule has 3 heterocycles. The first-order valence-corrected chi connectivity index (χ1v) is 12.3. The zero-order chi connectivity index (χ0) is 22.1. The Labute approximate surface area is 190 Å². The Kier molecular flexibility index (Phi) is 5.93. The number of amides is 4. The zero-order valence-electron chi connectivity index (χ0n) is 18.8. The van der Waals surface area contributed by atoms with Crippen molar-refractivity contribution in [3.05, 3.63) is 35.9 Å². The van der Waals surface area contributed by atoms with Crippen LogP contribution in [0.2, 0.25) is 0 Å². The maximum Gasteiger partial charge on any atom is 0.325 e. The first-order valence-electron chi connectivity index (χ1n) is 12.3. The molecule has 1 atom stereocenters. The molecule has 7 nitrogen and oxygen atoms in total. The summed E-state index contributed by atoms with van der Waals surface area (Å²) in [4.78, 5) is 44.8. The van der Waals surface area contributed by atoms with Crippen molar-refractivity contribution in [3.8, 4) is 0 Å². The van der Waals surface area contributed by atoms with E-state index in [4.69, 9.17) is 0 Å². The summed E-state index contributed by atoms with van der Waals surface area (Å²) in [6, 6.07) is 9.98. The van der Waals surface area contributed by atoms with Crippen LogP contribution in [0.5, 0.6) is 0 Å². The molecule has 0 bridgehead atoms. The van der Waals surface area contributed by atoms with E-state index in [1.807, 2.05) is 11.0 Å². The maximum atomic E-state index is 13.5. The van der Waals surface area contributed by atoms with Crippen LogP contribution in [0, 0.1) is 5.92 Å². The van der Waals surface area contributed by atoms with Crippen molar-refractivity contribution in [2.45, 2.75) is 62.9 Å². The average Bonchev–Trinajstić information content (AvgIpc) is 3.02. The molecule has 32 heavy (non-hydrogen) atoms. The van der Waals surface area contributed by atoms with Crippen LogP contribution in [0.3, 0.4) is 0 Å². The predicted molar refractivity (Wildman–Crippen MR) is 121 cm³/mol. The summed E-state index contributed by atoms with van der Waals surface area (Å²) < 4.78 is 0. The fraction of sp³-hybridized carbons (Fsp3) is 0.640. The van der Waals surface area contributed by atoms with Gasteiger partial charge in [0.2, 0.25) is 5.91 Å². The Morgan fingerprint density at radius 1 is 1.00 bits per heavy atom. The van der Waals surface area contributed by atoms with Crippen LogP contribution in [-0.2, 0) is 16.0 Å². The van der Waals surface area contributed by atoms with Crippen molar-refractivity contribution in [3.63, 3.8) is 0 Å². The van der Waals surface area contributed by atoms with Crippen LogP contribution in [0.15, 0.2) is 30.3 Å². The van der Waals surface area contributed by atoms with Crippen molar-refractivity contribution in [2.75, 3.05) is 32.7 Å². The number of carbonyl (C=O) groups excluding carboxylic acids is 3. The second kappa shape index (κ2) is 8.85. The Morgan fingerprint density at radius 3 is 2.44 bits per heavy atom. The molecule has 1 unspecified atom stereocenters. The lowest BCUT2D eigenvalue weighted by atomic mass is 9.83. The highest BCUT2D eigenvalue weighted by molar-refractivity contribution is 6.07. The Bertz CT molecular complexity index is 861. The highest BCUT2D eigenvalue weighted by atomic mass is 16.2. The number of hydrogen-bond donors (Lipinski definition) is 1. The second-order valence-electron chi connectivity index (χ2n) is 9.97. The molecule has 1 saturated carbocycles. The van der Waals surface area contributed by atoms with Gasteiger partial charge in [0.15, 0.2) is 0 Å². The third kappa shape index (κ3) is 4.03. The van der Waals surface area contributed by atoms with Crippen molar-refractivity contribution in [1.29, 1.82) is 0 Å². The lowest BCUT2D eigenvalue weighted by Crippen LogP contribution is -2.57. The maximum absolute atomic E-state index is 13.5. The van der Waals surface area contributed by atoms with Gasteiger partial charge in [0.05, 0.1) is 6.04 Å². The molecule has 1 N–H and O–H groups in total. The number of piperidine rings is 2. The number of imide groups is 1. The quantitative estimate of drug-likeness (QED) is 0.717. The summed E-state index contributed by atoms with van der Waals surface area (Å²) in [6.07, 6.45) is 7.02. The van der Waals surface area contributed by atoms with E-state index in [1.165, 1.54) is 10.5 Å². The molecule has 1 aliphatic carbocycles. The van der Waals surface area contributed by atoms with Crippen LogP contribution in [0.4, 0.5) is 4.79 Å². The molecule has 1 aromatic carbocycles. The molecule has 4 amide bonds. The molecule has 5 rings (SSSR count). The van der Waals surface area contributed by atoms with Gasteiger partial charge in [-0.3, -0.25) is 14.5 Å². The minimum Gasteiger partial charge on any atom is -0.340 e. The van der Waals surface area contributed by atoms with Gasteiger partial charge in [-0.15, -0.1) is 0 Å². The Morgan fingerprint density at radius 2 is 1.75 bits per heavy atom. The first kappa shape index (κ1) is 21.4. The molecule has 4 aliphatic rings. The van der Waals surface area contributed by atoms with Crippen molar-refractivity contribution >= 4 is 17.8 Å². The number of rotatable bonds is 5. The second-order valence-corrected chi connectivity index (χ2v) is 9.97. The van der Waals surface area contributed by atoms with Gasteiger partial charge in [-0.1, -0.05) is 36.8 Å². The summed E-state index contributed by atoms with van der Waals surface area (Å²) in [6.45, 7) is 3.82. The van der Waals surface area contributed by atoms with E-state index in [0.717, 1.165) is 64.7 Å². The van der Waals surface area contributed by atoms with Crippen LogP contribution >= 0.6 is 0 Å². The number of urea groups is 1. The van der Waals surface area contributed by atoms with Crippen LogP contribution in [-0.4, -0.2) is 76.8 Å². The van der Waals surface area contributed by atoms with Gasteiger partial charge in [-0.2, -0.15) is 0 Å². The van der Waals surface area contributed by atoms with Crippen molar-refractivity contribution in [1.82, 2.24) is 20.0 Å². The standard InChI is InChI=1S/C25H34N4O3/c30-22(20-8-4-9-20)28-14-5-10-21(18-28)29-23(31)25(26-24(29)32)12-16-27(17-13-25)15-11-19-6-2-1-3-7-19/h1-3,6-7,20-21H,4-5,8-18H2,(H,26,32). The molecule has 1 aromatic rings. The molecule has 7 heteroatoms. The minimum absolute atomic E-state index is 0.0758. The Balaban J connectivity index is 1.18. The summed E-state index contributed by atoms with van der Waals surface area (Å²) in [5.41, 5.74) is 0.558. The third-order valence-corrected chi connectivity index (χ3v) is 7.99. The molecule has 3 aliphatic heterocycles. The van der Waals surface area contributed by atoms with E-state index in [0.29, 0.717) is 19.4 Å². The predicted octanol–water partition coefficient (Wildman–Crippen LogP) is 2.41. The van der Waals surface area contributed by atoms with Gasteiger partial charge < -0.3 is 15.1 Å². The fourth-order valence-corrected chi connectivity index (χ4v) is 5.68. The topological polar surface area (TPSA) is 73.0 Å². The lowest BCUT2D eigenvalue weighted by molar-refractivity contribution is -0.143. The molecule has 0 aromatic heterocycles. The molecular weight excluding hydrogens is 404 g/mol. The smallest absolute Gasteiger partial charge is 0.325 e. The van der Waals surface area contributed by atoms with E-state index in [9.17, 15) is 14.4 Å². The summed E-state index contributed by atoms with van der Waals surface area (Å²) in [5, 5.41) is 3.06. The van der Waals surface area contributed by atoms with E-state index < -0.39 is 5.54 Å². The molecule has 0 radical (unpaired) electrons. The van der Waals surface area contributed by atoms with Gasteiger partial charge in [0.25, 0.3) is 5.91 Å². The third-order valence-electron chi connectivity index (χ3n) is 7.99. The lowest BCUT2D eigenvalue weighted by Gasteiger charge is -2.40. The fourth-order valence-electron chi connectivity index (χ4n) is 5.68. The highest BCUT2D eigenvalue weighted by Crippen LogP contribution is 2.34. The number of nitrogens with one attached hydrogen (secondary N) is 1. The normalized spacial score (nSPS) is 26.3. The van der Waals surface area contributed by atoms with E-state index in [2.05, 4.69) is 34.5 Å². The van der Waals surface area contributed by atoms with Gasteiger partial charge in [-0.05, 0) is 50.5 Å². The molecule has 3 saturated heterocycles. The number of nitrogens with zero attached hydrogens (tertiary/aromatic N) is 3. The van der Waals surface area contributed by atoms with E-state index in [1.54, 1.807) is 0 Å². The summed E-state index contributed by atoms with van der Waals surface area (Å²) in [7, 11) is 0. The number of hydrogen-bond acceptors (Lipinski definition) is 4. The van der Waals surface area contributed by atoms with Gasteiger partial charge >= 0.3 is 6.03 Å². The van der Waals surface area contributed by atoms with Gasteiger partial charge in [0.1, 0.15) is 5.54 Å². The molecular formula is C25H34N4O3. The molecule has 172 valence electrons. The zero-order valence-corrected chi connectivity index (χ0v) is 18.8. The van der Waals surface area contributed by atoms with Crippen molar-refractivity contribution < 1.29 is 14.4 Å². The summed E-state index contributed by atoms with van der Waals surface area (Å²) in [5.74, 6) is 0.297. The largest absolute Gasteiger partial charge is 0.340 e. The minimum atomic E-state index is -0.763. The van der Waals surface area contributed by atoms with Crippen LogP contribution < -0.4 is 5.32 Å². The van der Waals surface area contributed by atoms with E-state index in [-0.39, 0.29) is 29.8 Å². The van der Waals surface area contributed by atoms with Gasteiger partial charge in [-0.25, -0.2) is 4.79 Å². The first-order chi connectivity index (χ1) is 15.6. The number of likely N-dealkylation sites (tertiary alicyclic amines) is 2. The molecule has 1 spiro atoms. The number of carbonyl (C=O) groups is 3. The number of benzene rings is 1. The van der Waals surface area contributed by atoms with Crippen molar-refractivity contribution in [2.24, 2.45) is 5.92 Å². The molecule has 4 fully saturated rings. The average molecular weight is 439 g/mol. The van der Waals surface area contributed by atoms with Gasteiger partial charge in [0, 0.05) is 38.6 Å². The highest BCUT2D eigenvalue weighted by Gasteiger charge is 2.54. The van der Waals surface area contributed by atoms with Crippen LogP contribution in [0.25, 0.3) is 0 Å². The monoisotopic (exact) mass is 438 g/mol. The van der Waals surface area contributed by atoms with E-state index >= 15 is 0 Å².